The minimum atomic E-state index is -0.0280. The van der Waals surface area contributed by atoms with E-state index in [1.807, 2.05) is 11.0 Å². The van der Waals surface area contributed by atoms with Crippen molar-refractivity contribution in [2.75, 3.05) is 18.8 Å². The number of hydrogen-bond donors (Lipinski definition) is 1. The minimum Gasteiger partial charge on any atom is -0.384 e. The van der Waals surface area contributed by atoms with Crippen LogP contribution >= 0.6 is 0 Å². The average molecular weight is 356 g/mol. The maximum atomic E-state index is 12.6. The SMILES string of the molecule is N#Cc1cc(N)ncc1/C=C/C(=O)N1CC2C=C(c3ccccc3)CC2C1. The molecule has 2 N–H and O–H groups in total. The zero-order valence-electron chi connectivity index (χ0n) is 14.9. The van der Waals surface area contributed by atoms with Gasteiger partial charge in [-0.25, -0.2) is 4.98 Å². The van der Waals surface area contributed by atoms with Crippen LogP contribution in [0.1, 0.15) is 23.1 Å². The Balaban J connectivity index is 1.43. The molecule has 5 heteroatoms. The second-order valence-electron chi connectivity index (χ2n) is 7.07. The van der Waals surface area contributed by atoms with Gasteiger partial charge in [-0.3, -0.25) is 4.79 Å². The highest BCUT2D eigenvalue weighted by Gasteiger charge is 2.37. The molecule has 1 aliphatic carbocycles. The number of allylic oxidation sites excluding steroid dienone is 1. The number of nitrogens with two attached hydrogens (primary N) is 1. The molecule has 2 aromatic rings. The first-order chi connectivity index (χ1) is 13.1. The summed E-state index contributed by atoms with van der Waals surface area (Å²) < 4.78 is 0. The van der Waals surface area contributed by atoms with Crippen LogP contribution < -0.4 is 5.73 Å². The van der Waals surface area contributed by atoms with Gasteiger partial charge in [-0.2, -0.15) is 5.26 Å². The molecule has 0 radical (unpaired) electrons. The predicted molar refractivity (Wildman–Crippen MR) is 105 cm³/mol. The van der Waals surface area contributed by atoms with Gasteiger partial charge in [0.25, 0.3) is 0 Å². The first kappa shape index (κ1) is 17.0. The van der Waals surface area contributed by atoms with E-state index in [1.54, 1.807) is 6.08 Å². The topological polar surface area (TPSA) is 83.0 Å². The molecule has 134 valence electrons. The molecule has 1 aliphatic heterocycles. The molecule has 0 saturated carbocycles. The third kappa shape index (κ3) is 3.47. The maximum absolute atomic E-state index is 12.6. The van der Waals surface area contributed by atoms with Gasteiger partial charge in [-0.05, 0) is 41.5 Å². The summed E-state index contributed by atoms with van der Waals surface area (Å²) in [4.78, 5) is 18.4. The Morgan fingerprint density at radius 3 is 2.85 bits per heavy atom. The summed E-state index contributed by atoms with van der Waals surface area (Å²) in [5, 5.41) is 9.18. The van der Waals surface area contributed by atoms with Crippen LogP contribution in [0, 0.1) is 23.2 Å². The Morgan fingerprint density at radius 1 is 1.30 bits per heavy atom. The molecular weight excluding hydrogens is 336 g/mol. The van der Waals surface area contributed by atoms with Crippen molar-refractivity contribution in [3.63, 3.8) is 0 Å². The van der Waals surface area contributed by atoms with Gasteiger partial charge < -0.3 is 10.6 Å². The lowest BCUT2D eigenvalue weighted by Gasteiger charge is -2.15. The van der Waals surface area contributed by atoms with Gasteiger partial charge in [0.2, 0.25) is 5.91 Å². The number of hydrogen-bond acceptors (Lipinski definition) is 4. The molecule has 2 aliphatic rings. The second-order valence-corrected chi connectivity index (χ2v) is 7.07. The van der Waals surface area contributed by atoms with Crippen molar-refractivity contribution in [1.82, 2.24) is 9.88 Å². The van der Waals surface area contributed by atoms with E-state index < -0.39 is 0 Å². The average Bonchev–Trinajstić information content (AvgIpc) is 3.26. The van der Waals surface area contributed by atoms with Gasteiger partial charge in [0.05, 0.1) is 11.6 Å². The predicted octanol–water partition coefficient (Wildman–Crippen LogP) is 3.11. The van der Waals surface area contributed by atoms with Gasteiger partial charge in [0, 0.05) is 30.9 Å². The molecule has 4 rings (SSSR count). The van der Waals surface area contributed by atoms with Gasteiger partial charge in [0.15, 0.2) is 0 Å². The molecule has 1 saturated heterocycles. The van der Waals surface area contributed by atoms with Crippen molar-refractivity contribution < 1.29 is 4.79 Å². The highest BCUT2D eigenvalue weighted by Crippen LogP contribution is 2.40. The number of aromatic nitrogens is 1. The lowest BCUT2D eigenvalue weighted by Crippen LogP contribution is -2.27. The van der Waals surface area contributed by atoms with E-state index in [0.717, 1.165) is 19.5 Å². The zero-order valence-corrected chi connectivity index (χ0v) is 14.9. The molecule has 2 heterocycles. The smallest absolute Gasteiger partial charge is 0.246 e. The third-order valence-corrected chi connectivity index (χ3v) is 5.33. The Hall–Kier alpha value is -3.39. The van der Waals surface area contributed by atoms with E-state index in [1.165, 1.54) is 29.5 Å². The maximum Gasteiger partial charge on any atom is 0.246 e. The van der Waals surface area contributed by atoms with Crippen LogP contribution in [0.2, 0.25) is 0 Å². The molecule has 0 bridgehead atoms. The van der Waals surface area contributed by atoms with Gasteiger partial charge in [0.1, 0.15) is 5.82 Å². The Kier molecular flexibility index (Phi) is 4.47. The highest BCUT2D eigenvalue weighted by atomic mass is 16.2. The van der Waals surface area contributed by atoms with E-state index in [0.29, 0.717) is 28.8 Å². The quantitative estimate of drug-likeness (QED) is 0.857. The fourth-order valence-electron chi connectivity index (χ4n) is 3.93. The van der Waals surface area contributed by atoms with Crippen molar-refractivity contribution in [2.24, 2.45) is 11.8 Å². The summed E-state index contributed by atoms with van der Waals surface area (Å²) in [6, 6.07) is 14.0. The fourth-order valence-corrected chi connectivity index (χ4v) is 3.93. The van der Waals surface area contributed by atoms with Crippen LogP contribution in [0.15, 0.2) is 54.7 Å². The highest BCUT2D eigenvalue weighted by molar-refractivity contribution is 5.92. The lowest BCUT2D eigenvalue weighted by molar-refractivity contribution is -0.125. The normalized spacial score (nSPS) is 21.1. The first-order valence-corrected chi connectivity index (χ1v) is 9.03. The number of fused-ring (bicyclic) bond motifs is 1. The Labute approximate surface area is 158 Å². The largest absolute Gasteiger partial charge is 0.384 e. The summed E-state index contributed by atoms with van der Waals surface area (Å²) in [6.45, 7) is 1.51. The first-order valence-electron chi connectivity index (χ1n) is 9.03. The van der Waals surface area contributed by atoms with Crippen LogP contribution in [0.4, 0.5) is 5.82 Å². The zero-order chi connectivity index (χ0) is 18.8. The lowest BCUT2D eigenvalue weighted by atomic mass is 9.98. The number of amides is 1. The van der Waals surface area contributed by atoms with Crippen LogP contribution in [0.25, 0.3) is 11.6 Å². The van der Waals surface area contributed by atoms with Crippen LogP contribution in [-0.2, 0) is 4.79 Å². The van der Waals surface area contributed by atoms with E-state index in [9.17, 15) is 10.1 Å². The monoisotopic (exact) mass is 356 g/mol. The number of rotatable bonds is 3. The summed E-state index contributed by atoms with van der Waals surface area (Å²) in [7, 11) is 0. The van der Waals surface area contributed by atoms with Gasteiger partial charge in [-0.15, -0.1) is 0 Å². The Morgan fingerprint density at radius 2 is 2.11 bits per heavy atom. The van der Waals surface area contributed by atoms with Crippen LogP contribution in [-0.4, -0.2) is 28.9 Å². The number of pyridine rings is 1. The summed E-state index contributed by atoms with van der Waals surface area (Å²) in [5.74, 6) is 1.18. The number of likely N-dealkylation sites (tertiary alicyclic amines) is 1. The fraction of sp³-hybridized carbons (Fsp3) is 0.227. The molecule has 1 aromatic carbocycles. The van der Waals surface area contributed by atoms with Crippen molar-refractivity contribution >= 4 is 23.4 Å². The van der Waals surface area contributed by atoms with Crippen molar-refractivity contribution in [3.8, 4) is 6.07 Å². The number of carbonyl (C=O) groups excluding carboxylic acids is 1. The molecule has 0 spiro atoms. The molecule has 1 amide bonds. The molecule has 2 atom stereocenters. The number of nitrogen functional groups attached to an aromatic ring is 1. The van der Waals surface area contributed by atoms with Crippen LogP contribution in [0.3, 0.4) is 0 Å². The van der Waals surface area contributed by atoms with Crippen molar-refractivity contribution in [2.45, 2.75) is 6.42 Å². The summed E-state index contributed by atoms with van der Waals surface area (Å²) in [6.07, 6.45) is 8.03. The molecule has 27 heavy (non-hydrogen) atoms. The van der Waals surface area contributed by atoms with Crippen LogP contribution in [0.5, 0.6) is 0 Å². The standard InChI is InChI=1S/C22H20N4O/c23-11-18-10-21(24)25-12-16(18)6-7-22(27)26-13-19-8-17(9-20(19)14-26)15-4-2-1-3-5-15/h1-8,10,12,19-20H,9,13-14H2,(H2,24,25)/b7-6+. The summed E-state index contributed by atoms with van der Waals surface area (Å²) >= 11 is 0. The summed E-state index contributed by atoms with van der Waals surface area (Å²) in [5.41, 5.74) is 9.29. The molecule has 2 unspecified atom stereocenters. The van der Waals surface area contributed by atoms with Crippen molar-refractivity contribution in [1.29, 1.82) is 5.26 Å². The minimum absolute atomic E-state index is 0.0280. The number of nitrogens with zero attached hydrogens (tertiary/aromatic N) is 3. The molecule has 1 fully saturated rings. The van der Waals surface area contributed by atoms with E-state index in [4.69, 9.17) is 5.73 Å². The Bertz CT molecular complexity index is 972. The molecule has 5 nitrogen and oxygen atoms in total. The number of anilines is 1. The van der Waals surface area contributed by atoms with Gasteiger partial charge >= 0.3 is 0 Å². The number of carbonyl (C=O) groups is 1. The third-order valence-electron chi connectivity index (χ3n) is 5.33. The number of nitriles is 1. The van der Waals surface area contributed by atoms with E-state index >= 15 is 0 Å². The molecule has 1 aromatic heterocycles. The van der Waals surface area contributed by atoms with E-state index in [-0.39, 0.29) is 5.91 Å². The number of benzene rings is 1. The van der Waals surface area contributed by atoms with Gasteiger partial charge in [-0.1, -0.05) is 36.4 Å². The van der Waals surface area contributed by atoms with Crippen molar-refractivity contribution in [3.05, 3.63) is 71.4 Å². The second kappa shape index (κ2) is 7.08. The molecular formula is C22H20N4O. The van der Waals surface area contributed by atoms with E-state index in [2.05, 4.69) is 41.4 Å².